The zero-order valence-electron chi connectivity index (χ0n) is 8.79. The molecule has 0 bridgehead atoms. The van der Waals surface area contributed by atoms with Crippen molar-refractivity contribution in [3.63, 3.8) is 0 Å². The minimum Gasteiger partial charge on any atom is -0.550 e. The van der Waals surface area contributed by atoms with E-state index in [1.165, 1.54) is 29.5 Å². The number of carbonyl (C=O) groups excluding carboxylic acids is 1. The van der Waals surface area contributed by atoms with Gasteiger partial charge in [-0.05, 0) is 55.2 Å². The highest BCUT2D eigenvalue weighted by Crippen LogP contribution is 2.25. The average molecular weight is 203 g/mol. The van der Waals surface area contributed by atoms with Crippen LogP contribution in [0, 0.1) is 0 Å². The topological polar surface area (TPSA) is 40.1 Å². The van der Waals surface area contributed by atoms with Crippen LogP contribution in [0.2, 0.25) is 0 Å². The van der Waals surface area contributed by atoms with Gasteiger partial charge in [0.2, 0.25) is 0 Å². The molecule has 1 aromatic rings. The summed E-state index contributed by atoms with van der Waals surface area (Å²) >= 11 is 0. The average Bonchev–Trinajstić information content (AvgIpc) is 2.26. The summed E-state index contributed by atoms with van der Waals surface area (Å²) in [5.41, 5.74) is 4.01. The highest BCUT2D eigenvalue weighted by Gasteiger charge is 2.12. The first-order chi connectivity index (χ1) is 7.27. The number of hydrogen-bond donors (Lipinski definition) is 0. The molecule has 0 amide bonds. The fourth-order valence-electron chi connectivity index (χ4n) is 2.33. The van der Waals surface area contributed by atoms with Crippen LogP contribution in [0.1, 0.15) is 36.0 Å². The van der Waals surface area contributed by atoms with Crippen molar-refractivity contribution in [3.05, 3.63) is 34.9 Å². The Balaban J connectivity index is 2.19. The molecule has 0 heterocycles. The van der Waals surface area contributed by atoms with E-state index in [2.05, 4.69) is 6.07 Å². The molecule has 80 valence electrons. The van der Waals surface area contributed by atoms with Gasteiger partial charge in [-0.3, -0.25) is 0 Å². The predicted octanol–water partition coefficient (Wildman–Crippen LogP) is 1.25. The van der Waals surface area contributed by atoms with Crippen LogP contribution in [-0.2, 0) is 24.1 Å². The molecular formula is C13H15O2-. The number of fused-ring (bicyclic) bond motifs is 1. The molecular weight excluding hydrogens is 188 g/mol. The van der Waals surface area contributed by atoms with E-state index in [9.17, 15) is 9.90 Å². The van der Waals surface area contributed by atoms with Gasteiger partial charge in [-0.15, -0.1) is 0 Å². The molecule has 0 spiro atoms. The van der Waals surface area contributed by atoms with Gasteiger partial charge in [0.25, 0.3) is 0 Å². The lowest BCUT2D eigenvalue weighted by Crippen LogP contribution is -2.22. The lowest BCUT2D eigenvalue weighted by Gasteiger charge is -2.19. The second kappa shape index (κ2) is 4.47. The van der Waals surface area contributed by atoms with Crippen molar-refractivity contribution >= 4 is 5.97 Å². The Bertz CT molecular complexity index is 369. The van der Waals surface area contributed by atoms with Crippen LogP contribution in [0.25, 0.3) is 0 Å². The lowest BCUT2D eigenvalue weighted by molar-refractivity contribution is -0.305. The zero-order valence-corrected chi connectivity index (χ0v) is 8.79. The summed E-state index contributed by atoms with van der Waals surface area (Å²) in [4.78, 5) is 10.4. The van der Waals surface area contributed by atoms with Crippen LogP contribution in [-0.4, -0.2) is 5.97 Å². The Kier molecular flexibility index (Phi) is 3.05. The summed E-state index contributed by atoms with van der Waals surface area (Å²) in [6, 6.07) is 6.25. The molecule has 2 nitrogen and oxygen atoms in total. The monoisotopic (exact) mass is 203 g/mol. The Morgan fingerprint density at radius 3 is 2.87 bits per heavy atom. The minimum atomic E-state index is -0.955. The van der Waals surface area contributed by atoms with Gasteiger partial charge < -0.3 is 9.90 Å². The van der Waals surface area contributed by atoms with Crippen LogP contribution in [0.3, 0.4) is 0 Å². The third-order valence-corrected chi connectivity index (χ3v) is 3.09. The number of aryl methyl sites for hydroxylation is 2. The normalized spacial score (nSPS) is 14.7. The molecule has 0 radical (unpaired) electrons. The van der Waals surface area contributed by atoms with E-state index in [0.29, 0.717) is 6.42 Å². The number of benzene rings is 1. The molecule has 1 aliphatic rings. The number of aliphatic carboxylic acids is 1. The van der Waals surface area contributed by atoms with E-state index in [1.54, 1.807) is 0 Å². The molecule has 0 fully saturated rings. The second-order valence-electron chi connectivity index (χ2n) is 4.13. The van der Waals surface area contributed by atoms with E-state index in [4.69, 9.17) is 0 Å². The van der Waals surface area contributed by atoms with Gasteiger partial charge in [-0.2, -0.15) is 0 Å². The maximum atomic E-state index is 10.4. The van der Waals surface area contributed by atoms with Gasteiger partial charge >= 0.3 is 0 Å². The van der Waals surface area contributed by atoms with Gasteiger partial charge in [-0.25, -0.2) is 0 Å². The Labute approximate surface area is 89.9 Å². The van der Waals surface area contributed by atoms with Gasteiger partial charge in [0.1, 0.15) is 0 Å². The largest absolute Gasteiger partial charge is 0.550 e. The zero-order chi connectivity index (χ0) is 10.7. The second-order valence-corrected chi connectivity index (χ2v) is 4.13. The molecule has 1 aromatic carbocycles. The maximum Gasteiger partial charge on any atom is 0.0417 e. The summed E-state index contributed by atoms with van der Waals surface area (Å²) in [5, 5.41) is 10.4. The van der Waals surface area contributed by atoms with E-state index in [-0.39, 0.29) is 6.42 Å². The SMILES string of the molecule is O=C([O-])CCc1cccc2c1CCCC2. The molecule has 0 aromatic heterocycles. The first kappa shape index (κ1) is 10.2. The molecule has 15 heavy (non-hydrogen) atoms. The smallest absolute Gasteiger partial charge is 0.0417 e. The predicted molar refractivity (Wildman–Crippen MR) is 56.4 cm³/mol. The van der Waals surface area contributed by atoms with Gasteiger partial charge in [-0.1, -0.05) is 18.2 Å². The van der Waals surface area contributed by atoms with Crippen molar-refractivity contribution < 1.29 is 9.90 Å². The van der Waals surface area contributed by atoms with Crippen molar-refractivity contribution in [2.75, 3.05) is 0 Å². The van der Waals surface area contributed by atoms with E-state index in [1.807, 2.05) is 12.1 Å². The van der Waals surface area contributed by atoms with Crippen LogP contribution in [0.4, 0.5) is 0 Å². The van der Waals surface area contributed by atoms with Crippen molar-refractivity contribution in [1.82, 2.24) is 0 Å². The standard InChI is InChI=1S/C13H16O2/c14-13(15)9-8-11-6-3-5-10-4-1-2-7-12(10)11/h3,5-6H,1-2,4,7-9H2,(H,14,15)/p-1. The van der Waals surface area contributed by atoms with Crippen LogP contribution in [0.5, 0.6) is 0 Å². The van der Waals surface area contributed by atoms with Gasteiger partial charge in [0.15, 0.2) is 0 Å². The highest BCUT2D eigenvalue weighted by atomic mass is 16.4. The molecule has 0 saturated carbocycles. The van der Waals surface area contributed by atoms with Gasteiger partial charge in [0.05, 0.1) is 0 Å². The number of hydrogen-bond acceptors (Lipinski definition) is 2. The number of carboxylic acids is 1. The Hall–Kier alpha value is -1.31. The number of carboxylic acid groups (broad SMARTS) is 1. The number of carbonyl (C=O) groups is 1. The maximum absolute atomic E-state index is 10.4. The summed E-state index contributed by atoms with van der Waals surface area (Å²) in [5.74, 6) is -0.955. The van der Waals surface area contributed by atoms with Gasteiger partial charge in [0, 0.05) is 5.97 Å². The van der Waals surface area contributed by atoms with Crippen molar-refractivity contribution in [1.29, 1.82) is 0 Å². The number of rotatable bonds is 3. The van der Waals surface area contributed by atoms with Crippen molar-refractivity contribution in [3.8, 4) is 0 Å². The fourth-order valence-corrected chi connectivity index (χ4v) is 2.33. The van der Waals surface area contributed by atoms with E-state index >= 15 is 0 Å². The minimum absolute atomic E-state index is 0.135. The molecule has 0 N–H and O–H groups in total. The van der Waals surface area contributed by atoms with E-state index in [0.717, 1.165) is 12.8 Å². The molecule has 0 unspecified atom stereocenters. The van der Waals surface area contributed by atoms with Crippen LogP contribution in [0.15, 0.2) is 18.2 Å². The summed E-state index contributed by atoms with van der Waals surface area (Å²) in [6.07, 6.45) is 5.50. The van der Waals surface area contributed by atoms with Crippen molar-refractivity contribution in [2.45, 2.75) is 38.5 Å². The van der Waals surface area contributed by atoms with Crippen LogP contribution < -0.4 is 5.11 Å². The fraction of sp³-hybridized carbons (Fsp3) is 0.462. The molecule has 2 rings (SSSR count). The third kappa shape index (κ3) is 2.38. The quantitative estimate of drug-likeness (QED) is 0.741. The first-order valence-electron chi connectivity index (χ1n) is 5.57. The Morgan fingerprint density at radius 1 is 1.27 bits per heavy atom. The molecule has 2 heteroatoms. The first-order valence-corrected chi connectivity index (χ1v) is 5.57. The Morgan fingerprint density at radius 2 is 2.07 bits per heavy atom. The molecule has 0 atom stereocenters. The van der Waals surface area contributed by atoms with Crippen molar-refractivity contribution in [2.24, 2.45) is 0 Å². The lowest BCUT2D eigenvalue weighted by atomic mass is 9.87. The molecule has 0 aliphatic heterocycles. The summed E-state index contributed by atoms with van der Waals surface area (Å²) < 4.78 is 0. The summed E-state index contributed by atoms with van der Waals surface area (Å²) in [6.45, 7) is 0. The summed E-state index contributed by atoms with van der Waals surface area (Å²) in [7, 11) is 0. The van der Waals surface area contributed by atoms with E-state index < -0.39 is 5.97 Å². The van der Waals surface area contributed by atoms with Crippen LogP contribution >= 0.6 is 0 Å². The molecule has 0 saturated heterocycles. The third-order valence-electron chi connectivity index (χ3n) is 3.09. The highest BCUT2D eigenvalue weighted by molar-refractivity contribution is 5.64. The molecule has 1 aliphatic carbocycles.